The van der Waals surface area contributed by atoms with E-state index in [4.69, 9.17) is 10.2 Å². The molecule has 1 atom stereocenters. The van der Waals surface area contributed by atoms with Crippen LogP contribution >= 0.6 is 0 Å². The Morgan fingerprint density at radius 3 is 1.50 bits per heavy atom. The van der Waals surface area contributed by atoms with E-state index in [0.717, 1.165) is 6.08 Å². The first-order valence-corrected chi connectivity index (χ1v) is 6.01. The molecule has 8 heteroatoms. The normalized spacial score (nSPS) is 24.2. The van der Waals surface area contributed by atoms with E-state index in [1.54, 1.807) is 0 Å². The number of alkyl halides is 6. The van der Waals surface area contributed by atoms with Crippen LogP contribution in [-0.2, 0) is 0 Å². The standard InChI is InChI=1S/C7H9F3O.C5H7F3O/c1-2-5(11)6(3-4-6)7(8,9)10;6-5(7,8)4(3-9)1-2-4/h2,5,11H,1,3-4H2;9H,1-3H2. The number of hydrogen-bond acceptors (Lipinski definition) is 2. The van der Waals surface area contributed by atoms with Gasteiger partial charge in [-0.1, -0.05) is 6.08 Å². The van der Waals surface area contributed by atoms with Gasteiger partial charge in [-0.05, 0) is 25.7 Å². The first kappa shape index (κ1) is 17.3. The van der Waals surface area contributed by atoms with Crippen molar-refractivity contribution in [2.75, 3.05) is 6.61 Å². The molecule has 0 aromatic heterocycles. The Labute approximate surface area is 112 Å². The molecule has 0 aromatic carbocycles. The molecular formula is C12H16F6O2. The summed E-state index contributed by atoms with van der Waals surface area (Å²) in [4.78, 5) is 0. The summed E-state index contributed by atoms with van der Waals surface area (Å²) >= 11 is 0. The maximum Gasteiger partial charge on any atom is 0.397 e. The smallest absolute Gasteiger partial charge is 0.395 e. The minimum absolute atomic E-state index is 0.0175. The second-order valence-electron chi connectivity index (χ2n) is 5.27. The quantitative estimate of drug-likeness (QED) is 0.621. The fraction of sp³-hybridized carbons (Fsp3) is 0.833. The van der Waals surface area contributed by atoms with Crippen molar-refractivity contribution in [1.82, 2.24) is 0 Å². The van der Waals surface area contributed by atoms with E-state index in [0.29, 0.717) is 0 Å². The molecule has 2 aliphatic carbocycles. The van der Waals surface area contributed by atoms with E-state index in [2.05, 4.69) is 6.58 Å². The van der Waals surface area contributed by atoms with Gasteiger partial charge in [-0.2, -0.15) is 26.3 Å². The number of aliphatic hydroxyl groups is 2. The minimum atomic E-state index is -4.29. The van der Waals surface area contributed by atoms with E-state index < -0.39 is 35.9 Å². The SMILES string of the molecule is C=CC(O)C1(C(F)(F)F)CC1.OCC1(C(F)(F)F)CC1. The zero-order valence-corrected chi connectivity index (χ0v) is 10.6. The summed E-state index contributed by atoms with van der Waals surface area (Å²) in [6, 6.07) is 0. The van der Waals surface area contributed by atoms with Crippen LogP contribution in [0.15, 0.2) is 12.7 Å². The molecule has 0 heterocycles. The van der Waals surface area contributed by atoms with E-state index in [-0.39, 0.29) is 25.7 Å². The first-order valence-electron chi connectivity index (χ1n) is 6.01. The predicted octanol–water partition coefficient (Wildman–Crippen LogP) is 3.20. The number of rotatable bonds is 3. The van der Waals surface area contributed by atoms with Crippen molar-refractivity contribution in [2.45, 2.75) is 44.1 Å². The zero-order valence-electron chi connectivity index (χ0n) is 10.6. The lowest BCUT2D eigenvalue weighted by Gasteiger charge is -2.21. The average molecular weight is 306 g/mol. The summed E-state index contributed by atoms with van der Waals surface area (Å²) in [5.74, 6) is 0. The molecule has 0 aliphatic heterocycles. The van der Waals surface area contributed by atoms with Crippen LogP contribution in [0.3, 0.4) is 0 Å². The lowest BCUT2D eigenvalue weighted by molar-refractivity contribution is -0.207. The Balaban J connectivity index is 0.000000204. The monoisotopic (exact) mass is 306 g/mol. The molecule has 0 amide bonds. The summed E-state index contributed by atoms with van der Waals surface area (Å²) in [5.41, 5.74) is -3.58. The molecular weight excluding hydrogens is 290 g/mol. The van der Waals surface area contributed by atoms with Gasteiger partial charge in [0.05, 0.1) is 23.5 Å². The van der Waals surface area contributed by atoms with E-state index in [1.165, 1.54) is 0 Å². The minimum Gasteiger partial charge on any atom is -0.395 e. The van der Waals surface area contributed by atoms with Gasteiger partial charge in [-0.15, -0.1) is 6.58 Å². The van der Waals surface area contributed by atoms with E-state index in [1.807, 2.05) is 0 Å². The summed E-state index contributed by atoms with van der Waals surface area (Å²) in [6.45, 7) is 2.38. The molecule has 118 valence electrons. The topological polar surface area (TPSA) is 40.5 Å². The molecule has 0 radical (unpaired) electrons. The van der Waals surface area contributed by atoms with Crippen LogP contribution in [0.2, 0.25) is 0 Å². The van der Waals surface area contributed by atoms with Crippen molar-refractivity contribution < 1.29 is 36.6 Å². The number of aliphatic hydroxyl groups excluding tert-OH is 2. The Bertz CT molecular complexity index is 352. The van der Waals surface area contributed by atoms with Crippen LogP contribution in [0.25, 0.3) is 0 Å². The van der Waals surface area contributed by atoms with Crippen molar-refractivity contribution in [3.8, 4) is 0 Å². The zero-order chi connectivity index (χ0) is 15.8. The van der Waals surface area contributed by atoms with Crippen LogP contribution in [0.5, 0.6) is 0 Å². The second-order valence-corrected chi connectivity index (χ2v) is 5.27. The Kier molecular flexibility index (Phi) is 4.51. The molecule has 2 rings (SSSR count). The largest absolute Gasteiger partial charge is 0.397 e. The Morgan fingerprint density at radius 1 is 1.00 bits per heavy atom. The van der Waals surface area contributed by atoms with Crippen molar-refractivity contribution >= 4 is 0 Å². The van der Waals surface area contributed by atoms with Gasteiger partial charge < -0.3 is 10.2 Å². The van der Waals surface area contributed by atoms with Gasteiger partial charge in [0.1, 0.15) is 0 Å². The van der Waals surface area contributed by atoms with Crippen molar-refractivity contribution in [1.29, 1.82) is 0 Å². The van der Waals surface area contributed by atoms with Gasteiger partial charge in [-0.25, -0.2) is 0 Å². The third kappa shape index (κ3) is 3.11. The highest BCUT2D eigenvalue weighted by molar-refractivity contribution is 5.09. The molecule has 20 heavy (non-hydrogen) atoms. The second kappa shape index (κ2) is 5.22. The maximum atomic E-state index is 12.1. The molecule has 2 nitrogen and oxygen atoms in total. The van der Waals surface area contributed by atoms with Gasteiger partial charge in [0.2, 0.25) is 0 Å². The van der Waals surface area contributed by atoms with Crippen LogP contribution in [0.4, 0.5) is 26.3 Å². The molecule has 1 unspecified atom stereocenters. The van der Waals surface area contributed by atoms with E-state index >= 15 is 0 Å². The number of hydrogen-bond donors (Lipinski definition) is 2. The van der Waals surface area contributed by atoms with Crippen molar-refractivity contribution in [3.63, 3.8) is 0 Å². The number of halogens is 6. The summed E-state index contributed by atoms with van der Waals surface area (Å²) in [5, 5.41) is 17.2. The highest BCUT2D eigenvalue weighted by Gasteiger charge is 2.66. The third-order valence-electron chi connectivity index (χ3n) is 3.90. The third-order valence-corrected chi connectivity index (χ3v) is 3.90. The average Bonchev–Trinajstić information content (AvgIpc) is 3.15. The van der Waals surface area contributed by atoms with Crippen molar-refractivity contribution in [3.05, 3.63) is 12.7 Å². The fourth-order valence-electron chi connectivity index (χ4n) is 1.79. The summed E-state index contributed by atoms with van der Waals surface area (Å²) < 4.78 is 71.6. The molecule has 2 saturated carbocycles. The first-order chi connectivity index (χ1) is 8.96. The van der Waals surface area contributed by atoms with Gasteiger partial charge in [0.15, 0.2) is 0 Å². The summed E-state index contributed by atoms with van der Waals surface area (Å²) in [7, 11) is 0. The predicted molar refractivity (Wildman–Crippen MR) is 58.7 cm³/mol. The van der Waals surface area contributed by atoms with Gasteiger partial charge >= 0.3 is 12.4 Å². The molecule has 0 spiro atoms. The molecule has 0 aromatic rings. The fourth-order valence-corrected chi connectivity index (χ4v) is 1.79. The summed E-state index contributed by atoms with van der Waals surface area (Å²) in [6.07, 6.45) is -8.77. The highest BCUT2D eigenvalue weighted by atomic mass is 19.4. The van der Waals surface area contributed by atoms with E-state index in [9.17, 15) is 26.3 Å². The van der Waals surface area contributed by atoms with Crippen LogP contribution < -0.4 is 0 Å². The Morgan fingerprint density at radius 2 is 1.45 bits per heavy atom. The molecule has 2 fully saturated rings. The molecule has 2 N–H and O–H groups in total. The van der Waals surface area contributed by atoms with Crippen LogP contribution in [0.1, 0.15) is 25.7 Å². The van der Waals surface area contributed by atoms with Crippen LogP contribution in [0, 0.1) is 10.8 Å². The van der Waals surface area contributed by atoms with Gasteiger partial charge in [0.25, 0.3) is 0 Å². The lowest BCUT2D eigenvalue weighted by atomic mass is 9.99. The Hall–Kier alpha value is -0.760. The maximum absolute atomic E-state index is 12.1. The van der Waals surface area contributed by atoms with Gasteiger partial charge in [-0.3, -0.25) is 0 Å². The highest BCUT2D eigenvalue weighted by Crippen LogP contribution is 2.60. The van der Waals surface area contributed by atoms with Crippen molar-refractivity contribution in [2.24, 2.45) is 10.8 Å². The molecule has 0 bridgehead atoms. The lowest BCUT2D eigenvalue weighted by Crippen LogP contribution is -2.34. The molecule has 0 saturated heterocycles. The van der Waals surface area contributed by atoms with Gasteiger partial charge in [0, 0.05) is 0 Å². The van der Waals surface area contributed by atoms with Crippen LogP contribution in [-0.4, -0.2) is 35.3 Å². The molecule has 2 aliphatic rings.